The molecular formula is C13H19BrN2O3S. The molecule has 0 aromatic heterocycles. The smallest absolute Gasteiger partial charge is 0.243 e. The molecule has 1 aromatic carbocycles. The third-order valence-corrected chi connectivity index (χ3v) is 6.30. The highest BCUT2D eigenvalue weighted by molar-refractivity contribution is 9.10. The Bertz CT molecular complexity index is 596. The molecule has 1 aromatic rings. The van der Waals surface area contributed by atoms with E-state index in [-0.39, 0.29) is 17.4 Å². The van der Waals surface area contributed by atoms with Crippen LogP contribution >= 0.6 is 15.9 Å². The number of hydrogen-bond donors (Lipinski definition) is 2. The van der Waals surface area contributed by atoms with Crippen LogP contribution in [0.1, 0.15) is 18.4 Å². The van der Waals surface area contributed by atoms with Gasteiger partial charge in [-0.2, -0.15) is 4.31 Å². The van der Waals surface area contributed by atoms with Crippen molar-refractivity contribution in [2.75, 3.05) is 25.4 Å². The van der Waals surface area contributed by atoms with Crippen LogP contribution in [0.4, 0.5) is 5.69 Å². The van der Waals surface area contributed by atoms with E-state index >= 15 is 0 Å². The summed E-state index contributed by atoms with van der Waals surface area (Å²) in [5.41, 5.74) is 6.89. The Morgan fingerprint density at radius 1 is 1.40 bits per heavy atom. The summed E-state index contributed by atoms with van der Waals surface area (Å²) in [5.74, 6) is 0.204. The summed E-state index contributed by atoms with van der Waals surface area (Å²) in [4.78, 5) is 0.256. The zero-order valence-corrected chi connectivity index (χ0v) is 13.7. The van der Waals surface area contributed by atoms with E-state index in [1.165, 1.54) is 4.31 Å². The minimum atomic E-state index is -3.53. The van der Waals surface area contributed by atoms with E-state index in [2.05, 4.69) is 15.9 Å². The van der Waals surface area contributed by atoms with Crippen LogP contribution in [-0.4, -0.2) is 37.5 Å². The van der Waals surface area contributed by atoms with Crippen LogP contribution in [0.3, 0.4) is 0 Å². The fraction of sp³-hybridized carbons (Fsp3) is 0.538. The number of hydrogen-bond acceptors (Lipinski definition) is 4. The molecule has 112 valence electrons. The van der Waals surface area contributed by atoms with Crippen LogP contribution in [0.15, 0.2) is 21.5 Å². The monoisotopic (exact) mass is 362 g/mol. The maximum atomic E-state index is 12.7. The molecule has 0 bridgehead atoms. The molecule has 5 nitrogen and oxygen atoms in total. The number of aliphatic hydroxyl groups excluding tert-OH is 1. The summed E-state index contributed by atoms with van der Waals surface area (Å²) < 4.78 is 27.5. The van der Waals surface area contributed by atoms with Gasteiger partial charge >= 0.3 is 0 Å². The number of piperidine rings is 1. The van der Waals surface area contributed by atoms with Crippen molar-refractivity contribution in [2.45, 2.75) is 24.7 Å². The summed E-state index contributed by atoms with van der Waals surface area (Å²) in [7, 11) is -3.53. The third-order valence-electron chi connectivity index (χ3n) is 3.81. The van der Waals surface area contributed by atoms with Gasteiger partial charge in [0.2, 0.25) is 10.0 Å². The maximum absolute atomic E-state index is 12.7. The molecule has 1 saturated heterocycles. The number of anilines is 1. The third kappa shape index (κ3) is 3.00. The molecule has 0 aliphatic carbocycles. The molecule has 2 rings (SSSR count). The van der Waals surface area contributed by atoms with E-state index in [0.717, 1.165) is 0 Å². The summed E-state index contributed by atoms with van der Waals surface area (Å²) in [6, 6.07) is 3.30. The predicted molar refractivity (Wildman–Crippen MR) is 81.9 cm³/mol. The summed E-state index contributed by atoms with van der Waals surface area (Å²) in [5, 5.41) is 9.12. The molecule has 0 amide bonds. The molecule has 7 heteroatoms. The molecule has 0 radical (unpaired) electrons. The second kappa shape index (κ2) is 6.01. The number of nitrogen functional groups attached to an aromatic ring is 1. The molecule has 0 atom stereocenters. The highest BCUT2D eigenvalue weighted by atomic mass is 79.9. The first-order chi connectivity index (χ1) is 9.36. The fourth-order valence-corrected chi connectivity index (χ4v) is 4.79. The topological polar surface area (TPSA) is 83.6 Å². The first-order valence-electron chi connectivity index (χ1n) is 6.53. The zero-order valence-electron chi connectivity index (χ0n) is 11.3. The summed E-state index contributed by atoms with van der Waals surface area (Å²) in [6.07, 6.45) is 1.39. The Labute approximate surface area is 128 Å². The SMILES string of the molecule is Cc1c(N)cc(Br)cc1S(=O)(=O)N1CCC(CO)CC1. The molecule has 1 fully saturated rings. The van der Waals surface area contributed by atoms with Crippen molar-refractivity contribution in [3.05, 3.63) is 22.2 Å². The number of halogens is 1. The summed E-state index contributed by atoms with van der Waals surface area (Å²) >= 11 is 3.29. The average molecular weight is 363 g/mol. The summed E-state index contributed by atoms with van der Waals surface area (Å²) in [6.45, 7) is 2.73. The lowest BCUT2D eigenvalue weighted by atomic mass is 10.00. The Morgan fingerprint density at radius 3 is 2.55 bits per heavy atom. The van der Waals surface area contributed by atoms with Gasteiger partial charge in [-0.05, 0) is 43.4 Å². The maximum Gasteiger partial charge on any atom is 0.243 e. The molecular weight excluding hydrogens is 344 g/mol. The Hall–Kier alpha value is -0.630. The van der Waals surface area contributed by atoms with Crippen molar-refractivity contribution in [3.8, 4) is 0 Å². The van der Waals surface area contributed by atoms with Gasteiger partial charge in [0.1, 0.15) is 0 Å². The largest absolute Gasteiger partial charge is 0.398 e. The van der Waals surface area contributed by atoms with Gasteiger partial charge in [-0.15, -0.1) is 0 Å². The standard InChI is InChI=1S/C13H19BrN2O3S/c1-9-12(15)6-11(14)7-13(9)20(18,19)16-4-2-10(8-17)3-5-16/h6-7,10,17H,2-5,8,15H2,1H3. The first kappa shape index (κ1) is 15.8. The van der Waals surface area contributed by atoms with Gasteiger partial charge in [-0.1, -0.05) is 15.9 Å². The normalized spacial score (nSPS) is 18.4. The molecule has 20 heavy (non-hydrogen) atoms. The van der Waals surface area contributed by atoms with Gasteiger partial charge in [0.15, 0.2) is 0 Å². The van der Waals surface area contributed by atoms with Crippen LogP contribution in [0.2, 0.25) is 0 Å². The van der Waals surface area contributed by atoms with E-state index in [1.807, 2.05) is 0 Å². The zero-order chi connectivity index (χ0) is 14.9. The molecule has 0 spiro atoms. The number of nitrogens with zero attached hydrogens (tertiary/aromatic N) is 1. The van der Waals surface area contributed by atoms with Gasteiger partial charge in [-0.25, -0.2) is 8.42 Å². The first-order valence-corrected chi connectivity index (χ1v) is 8.76. The van der Waals surface area contributed by atoms with Crippen molar-refractivity contribution >= 4 is 31.6 Å². The molecule has 1 aliphatic rings. The van der Waals surface area contributed by atoms with Crippen LogP contribution in [0.5, 0.6) is 0 Å². The van der Waals surface area contributed by atoms with Crippen LogP contribution in [0.25, 0.3) is 0 Å². The lowest BCUT2D eigenvalue weighted by molar-refractivity contribution is 0.170. The van der Waals surface area contributed by atoms with Gasteiger partial charge in [0.25, 0.3) is 0 Å². The minimum absolute atomic E-state index is 0.122. The van der Waals surface area contributed by atoms with E-state index in [4.69, 9.17) is 10.8 Å². The Morgan fingerprint density at radius 2 is 2.00 bits per heavy atom. The van der Waals surface area contributed by atoms with Gasteiger partial charge in [0, 0.05) is 29.9 Å². The van der Waals surface area contributed by atoms with E-state index in [9.17, 15) is 8.42 Å². The second-order valence-corrected chi connectivity index (χ2v) is 7.97. The number of nitrogens with two attached hydrogens (primary N) is 1. The van der Waals surface area contributed by atoms with E-state index in [0.29, 0.717) is 41.7 Å². The van der Waals surface area contributed by atoms with Crippen molar-refractivity contribution in [1.29, 1.82) is 0 Å². The molecule has 1 aliphatic heterocycles. The molecule has 0 saturated carbocycles. The molecule has 0 unspecified atom stereocenters. The fourth-order valence-electron chi connectivity index (χ4n) is 2.41. The number of benzene rings is 1. The Balaban J connectivity index is 2.32. The van der Waals surface area contributed by atoms with Crippen molar-refractivity contribution in [3.63, 3.8) is 0 Å². The van der Waals surface area contributed by atoms with Crippen LogP contribution in [0, 0.1) is 12.8 Å². The van der Waals surface area contributed by atoms with E-state index < -0.39 is 10.0 Å². The van der Waals surface area contributed by atoms with Crippen molar-refractivity contribution < 1.29 is 13.5 Å². The van der Waals surface area contributed by atoms with E-state index in [1.54, 1.807) is 19.1 Å². The number of sulfonamides is 1. The quantitative estimate of drug-likeness (QED) is 0.802. The Kier molecular flexibility index (Phi) is 4.73. The number of aliphatic hydroxyl groups is 1. The predicted octanol–water partition coefficient (Wildman–Crippen LogP) is 1.73. The second-order valence-electron chi connectivity index (χ2n) is 5.15. The lowest BCUT2D eigenvalue weighted by Crippen LogP contribution is -2.39. The van der Waals surface area contributed by atoms with Gasteiger partial charge in [0.05, 0.1) is 4.90 Å². The number of rotatable bonds is 3. The van der Waals surface area contributed by atoms with Gasteiger partial charge < -0.3 is 10.8 Å². The van der Waals surface area contributed by atoms with Crippen LogP contribution in [-0.2, 0) is 10.0 Å². The lowest BCUT2D eigenvalue weighted by Gasteiger charge is -2.30. The minimum Gasteiger partial charge on any atom is -0.398 e. The van der Waals surface area contributed by atoms with Crippen molar-refractivity contribution in [1.82, 2.24) is 4.31 Å². The average Bonchev–Trinajstić information content (AvgIpc) is 2.42. The molecule has 3 N–H and O–H groups in total. The van der Waals surface area contributed by atoms with Crippen molar-refractivity contribution in [2.24, 2.45) is 5.92 Å². The van der Waals surface area contributed by atoms with Crippen LogP contribution < -0.4 is 5.73 Å². The van der Waals surface area contributed by atoms with Gasteiger partial charge in [-0.3, -0.25) is 0 Å². The highest BCUT2D eigenvalue weighted by Gasteiger charge is 2.30. The highest BCUT2D eigenvalue weighted by Crippen LogP contribution is 2.30. The molecule has 1 heterocycles.